The first-order chi connectivity index (χ1) is 8.36. The van der Waals surface area contributed by atoms with Crippen molar-refractivity contribution in [1.82, 2.24) is 0 Å². The van der Waals surface area contributed by atoms with Crippen LogP contribution in [0.4, 0.5) is 0 Å². The fourth-order valence-corrected chi connectivity index (χ4v) is 4.45. The molecule has 2 aliphatic carbocycles. The molecule has 0 aliphatic heterocycles. The minimum atomic E-state index is -0.623. The van der Waals surface area contributed by atoms with E-state index in [0.717, 1.165) is 31.8 Å². The highest BCUT2D eigenvalue weighted by atomic mass is 16.3. The number of allylic oxidation sites excluding steroid dienone is 1. The predicted molar refractivity (Wildman–Crippen MR) is 68.9 cm³/mol. The third-order valence-corrected chi connectivity index (χ3v) is 5.14. The Hall–Kier alpha value is -0.960. The highest BCUT2D eigenvalue weighted by molar-refractivity contribution is 5.82. The van der Waals surface area contributed by atoms with Crippen LogP contribution in [0, 0.1) is 22.7 Å². The van der Waals surface area contributed by atoms with Crippen molar-refractivity contribution in [1.29, 1.82) is 0 Å². The lowest BCUT2D eigenvalue weighted by Crippen LogP contribution is -2.54. The smallest absolute Gasteiger partial charge is 0.146 e. The second-order valence-corrected chi connectivity index (χ2v) is 6.71. The third kappa shape index (κ3) is 1.76. The Morgan fingerprint density at radius 2 is 1.94 bits per heavy atom. The molecule has 2 aliphatic rings. The van der Waals surface area contributed by atoms with Gasteiger partial charge >= 0.3 is 0 Å². The van der Waals surface area contributed by atoms with Gasteiger partial charge in [0.2, 0.25) is 0 Å². The summed E-state index contributed by atoms with van der Waals surface area (Å²) in [6.07, 6.45) is 5.58. The van der Waals surface area contributed by atoms with E-state index in [1.807, 2.05) is 0 Å². The van der Waals surface area contributed by atoms with Crippen LogP contribution in [-0.2, 0) is 9.59 Å². The van der Waals surface area contributed by atoms with Gasteiger partial charge in [-0.15, -0.1) is 0 Å². The van der Waals surface area contributed by atoms with Crippen molar-refractivity contribution in [2.24, 2.45) is 22.7 Å². The van der Waals surface area contributed by atoms with Gasteiger partial charge in [0, 0.05) is 11.5 Å². The molecule has 0 aromatic carbocycles. The van der Waals surface area contributed by atoms with Gasteiger partial charge in [-0.2, -0.15) is 0 Å². The second kappa shape index (κ2) is 4.30. The molecule has 0 bridgehead atoms. The van der Waals surface area contributed by atoms with Crippen molar-refractivity contribution in [2.75, 3.05) is 0 Å². The van der Waals surface area contributed by atoms with Crippen molar-refractivity contribution in [3.63, 3.8) is 0 Å². The monoisotopic (exact) mass is 250 g/mol. The summed E-state index contributed by atoms with van der Waals surface area (Å²) in [6, 6.07) is 0. The number of aliphatic hydroxyl groups is 1. The van der Waals surface area contributed by atoms with Crippen LogP contribution >= 0.6 is 0 Å². The number of hydrogen-bond donors (Lipinski definition) is 1. The quantitative estimate of drug-likeness (QED) is 0.764. The molecule has 0 aromatic heterocycles. The van der Waals surface area contributed by atoms with E-state index in [2.05, 4.69) is 20.8 Å². The molecule has 0 radical (unpaired) electrons. The fourth-order valence-electron chi connectivity index (χ4n) is 4.45. The molecule has 0 heterocycles. The summed E-state index contributed by atoms with van der Waals surface area (Å²) in [7, 11) is 0. The van der Waals surface area contributed by atoms with E-state index >= 15 is 0 Å². The zero-order chi connectivity index (χ0) is 13.6. The van der Waals surface area contributed by atoms with Gasteiger partial charge in [0.25, 0.3) is 0 Å². The number of fused-ring (bicyclic) bond motifs is 1. The Morgan fingerprint density at radius 3 is 2.50 bits per heavy atom. The molecule has 0 aromatic rings. The van der Waals surface area contributed by atoms with Gasteiger partial charge in [0.05, 0.1) is 6.10 Å². The number of carbonyl (C=O) groups is 2. The van der Waals surface area contributed by atoms with Gasteiger partial charge < -0.3 is 9.90 Å². The molecule has 3 nitrogen and oxygen atoms in total. The van der Waals surface area contributed by atoms with Crippen molar-refractivity contribution in [2.45, 2.75) is 46.1 Å². The maximum Gasteiger partial charge on any atom is 0.146 e. The maximum absolute atomic E-state index is 11.4. The molecular weight excluding hydrogens is 228 g/mol. The summed E-state index contributed by atoms with van der Waals surface area (Å²) in [6.45, 7) is 6.36. The Kier molecular flexibility index (Phi) is 3.22. The zero-order valence-electron chi connectivity index (χ0n) is 11.3. The first kappa shape index (κ1) is 13.5. The number of hydrogen-bond acceptors (Lipinski definition) is 3. The lowest BCUT2D eigenvalue weighted by atomic mass is 9.48. The molecule has 4 atom stereocenters. The molecule has 3 heteroatoms. The van der Waals surface area contributed by atoms with Gasteiger partial charge in [-0.1, -0.05) is 27.2 Å². The normalized spacial score (nSPS) is 42.7. The standard InChI is InChI=1S/C15H22O3/c1-14(2)5-4-6-15(3)11(9-17)10(8-16)7-12(18)13(14)15/h7-9,11-13,18H,4-6H2,1-3H3/t11-,12-,13-,15+/m0/s1. The van der Waals surface area contributed by atoms with Crippen molar-refractivity contribution in [3.05, 3.63) is 11.6 Å². The summed E-state index contributed by atoms with van der Waals surface area (Å²) >= 11 is 0. The van der Waals surface area contributed by atoms with E-state index in [1.165, 1.54) is 0 Å². The van der Waals surface area contributed by atoms with E-state index in [4.69, 9.17) is 0 Å². The molecule has 0 spiro atoms. The molecule has 0 saturated heterocycles. The van der Waals surface area contributed by atoms with Gasteiger partial charge in [-0.25, -0.2) is 0 Å². The Bertz CT molecular complexity index is 397. The van der Waals surface area contributed by atoms with E-state index in [1.54, 1.807) is 6.08 Å². The second-order valence-electron chi connectivity index (χ2n) is 6.71. The van der Waals surface area contributed by atoms with Crippen LogP contribution in [0.2, 0.25) is 0 Å². The van der Waals surface area contributed by atoms with Crippen LogP contribution < -0.4 is 0 Å². The lowest BCUT2D eigenvalue weighted by Gasteiger charge is -2.56. The van der Waals surface area contributed by atoms with Crippen LogP contribution in [0.5, 0.6) is 0 Å². The van der Waals surface area contributed by atoms with Crippen molar-refractivity contribution >= 4 is 12.6 Å². The molecule has 0 unspecified atom stereocenters. The predicted octanol–water partition coefficient (Wildman–Crippen LogP) is 2.13. The van der Waals surface area contributed by atoms with Crippen LogP contribution in [0.25, 0.3) is 0 Å². The van der Waals surface area contributed by atoms with Crippen LogP contribution in [0.3, 0.4) is 0 Å². The number of carbonyl (C=O) groups excluding carboxylic acids is 2. The average Bonchev–Trinajstić information content (AvgIpc) is 2.26. The summed E-state index contributed by atoms with van der Waals surface area (Å²) in [5.74, 6) is -0.333. The van der Waals surface area contributed by atoms with Crippen molar-refractivity contribution in [3.8, 4) is 0 Å². The highest BCUT2D eigenvalue weighted by Gasteiger charge is 2.55. The van der Waals surface area contributed by atoms with E-state index in [0.29, 0.717) is 5.57 Å². The van der Waals surface area contributed by atoms with Gasteiger partial charge in [0.1, 0.15) is 12.6 Å². The Labute approximate surface area is 108 Å². The summed E-state index contributed by atoms with van der Waals surface area (Å²) < 4.78 is 0. The van der Waals surface area contributed by atoms with Gasteiger partial charge in [-0.05, 0) is 35.7 Å². The molecule has 2 rings (SSSR count). The molecule has 0 amide bonds. The third-order valence-electron chi connectivity index (χ3n) is 5.14. The molecule has 1 fully saturated rings. The largest absolute Gasteiger partial charge is 0.389 e. The van der Waals surface area contributed by atoms with Crippen LogP contribution in [0.15, 0.2) is 11.6 Å². The Morgan fingerprint density at radius 1 is 1.28 bits per heavy atom. The average molecular weight is 250 g/mol. The Balaban J connectivity index is 2.54. The fraction of sp³-hybridized carbons (Fsp3) is 0.733. The first-order valence-corrected chi connectivity index (χ1v) is 6.67. The van der Waals surface area contributed by atoms with E-state index < -0.39 is 6.10 Å². The van der Waals surface area contributed by atoms with Gasteiger partial charge in [-0.3, -0.25) is 4.79 Å². The number of aliphatic hydroxyl groups excluding tert-OH is 1. The molecular formula is C15H22O3. The van der Waals surface area contributed by atoms with Crippen molar-refractivity contribution < 1.29 is 14.7 Å². The van der Waals surface area contributed by atoms with Crippen LogP contribution in [0.1, 0.15) is 40.0 Å². The summed E-state index contributed by atoms with van der Waals surface area (Å²) in [5.41, 5.74) is 0.154. The SMILES string of the molecule is CC1(C)CCC[C@]2(C)[C@@H](C=O)C(C=O)=C[C@H](O)[C@@H]12. The maximum atomic E-state index is 11.4. The van der Waals surface area contributed by atoms with Crippen LogP contribution in [-0.4, -0.2) is 23.8 Å². The summed E-state index contributed by atoms with van der Waals surface area (Å²) in [5, 5.41) is 10.4. The zero-order valence-corrected chi connectivity index (χ0v) is 11.3. The summed E-state index contributed by atoms with van der Waals surface area (Å²) in [4.78, 5) is 22.5. The first-order valence-electron chi connectivity index (χ1n) is 6.67. The van der Waals surface area contributed by atoms with Gasteiger partial charge in [0.15, 0.2) is 0 Å². The molecule has 18 heavy (non-hydrogen) atoms. The minimum absolute atomic E-state index is 0.00140. The van der Waals surface area contributed by atoms with E-state index in [-0.39, 0.29) is 22.7 Å². The van der Waals surface area contributed by atoms with E-state index in [9.17, 15) is 14.7 Å². The number of rotatable bonds is 2. The topological polar surface area (TPSA) is 54.4 Å². The number of aldehydes is 2. The highest BCUT2D eigenvalue weighted by Crippen LogP contribution is 2.58. The molecule has 1 saturated carbocycles. The molecule has 1 N–H and O–H groups in total. The minimum Gasteiger partial charge on any atom is -0.389 e. The molecule has 100 valence electrons. The lowest BCUT2D eigenvalue weighted by molar-refractivity contribution is -0.130.